The summed E-state index contributed by atoms with van der Waals surface area (Å²) in [5.74, 6) is 1.54. The molecular weight excluding hydrogens is 290 g/mol. The van der Waals surface area contributed by atoms with E-state index in [-0.39, 0.29) is 6.04 Å². The van der Waals surface area contributed by atoms with E-state index in [4.69, 9.17) is 4.52 Å². The molecule has 0 amide bonds. The SMILES string of the molecule is CCc1noc(C(C)N2CCN(CCc3ccncc3)CC2)n1. The van der Waals surface area contributed by atoms with Crippen LogP contribution in [0.2, 0.25) is 0 Å². The first kappa shape index (κ1) is 16.1. The summed E-state index contributed by atoms with van der Waals surface area (Å²) < 4.78 is 5.38. The summed E-state index contributed by atoms with van der Waals surface area (Å²) in [6, 6.07) is 4.39. The smallest absolute Gasteiger partial charge is 0.243 e. The Morgan fingerprint density at radius 1 is 1.17 bits per heavy atom. The molecule has 1 aliphatic heterocycles. The van der Waals surface area contributed by atoms with Crippen molar-refractivity contribution in [1.82, 2.24) is 24.9 Å². The Kier molecular flexibility index (Phi) is 5.35. The van der Waals surface area contributed by atoms with Crippen LogP contribution in [-0.2, 0) is 12.8 Å². The van der Waals surface area contributed by atoms with E-state index in [1.807, 2.05) is 19.3 Å². The van der Waals surface area contributed by atoms with Crippen molar-refractivity contribution in [2.24, 2.45) is 0 Å². The maximum absolute atomic E-state index is 5.38. The maximum atomic E-state index is 5.38. The van der Waals surface area contributed by atoms with Gasteiger partial charge in [-0.3, -0.25) is 9.88 Å². The highest BCUT2D eigenvalue weighted by Gasteiger charge is 2.25. The Bertz CT molecular complexity index is 592. The number of pyridine rings is 1. The van der Waals surface area contributed by atoms with E-state index in [0.717, 1.165) is 57.3 Å². The van der Waals surface area contributed by atoms with Gasteiger partial charge in [0.2, 0.25) is 5.89 Å². The second-order valence-electron chi connectivity index (χ2n) is 6.06. The van der Waals surface area contributed by atoms with E-state index >= 15 is 0 Å². The Hall–Kier alpha value is -1.79. The third-order valence-electron chi connectivity index (χ3n) is 4.58. The van der Waals surface area contributed by atoms with Crippen LogP contribution in [0.4, 0.5) is 0 Å². The highest BCUT2D eigenvalue weighted by Crippen LogP contribution is 2.20. The number of rotatable bonds is 6. The lowest BCUT2D eigenvalue weighted by atomic mass is 10.1. The fourth-order valence-corrected chi connectivity index (χ4v) is 2.95. The van der Waals surface area contributed by atoms with Crippen molar-refractivity contribution < 1.29 is 4.52 Å². The number of hydrogen-bond donors (Lipinski definition) is 0. The molecule has 124 valence electrons. The summed E-state index contributed by atoms with van der Waals surface area (Å²) >= 11 is 0. The van der Waals surface area contributed by atoms with E-state index in [1.54, 1.807) is 0 Å². The van der Waals surface area contributed by atoms with Gasteiger partial charge in [0.25, 0.3) is 0 Å². The molecule has 0 N–H and O–H groups in total. The van der Waals surface area contributed by atoms with Gasteiger partial charge >= 0.3 is 0 Å². The van der Waals surface area contributed by atoms with Crippen LogP contribution < -0.4 is 0 Å². The van der Waals surface area contributed by atoms with Gasteiger partial charge < -0.3 is 9.42 Å². The number of piperazine rings is 1. The molecule has 1 aliphatic rings. The van der Waals surface area contributed by atoms with Gasteiger partial charge in [0.05, 0.1) is 6.04 Å². The number of nitrogens with zero attached hydrogens (tertiary/aromatic N) is 5. The minimum absolute atomic E-state index is 0.199. The topological polar surface area (TPSA) is 58.3 Å². The van der Waals surface area contributed by atoms with Crippen molar-refractivity contribution >= 4 is 0 Å². The van der Waals surface area contributed by atoms with Gasteiger partial charge in [-0.05, 0) is 31.0 Å². The van der Waals surface area contributed by atoms with Crippen LogP contribution in [0.15, 0.2) is 29.0 Å². The molecule has 1 fully saturated rings. The third-order valence-corrected chi connectivity index (χ3v) is 4.58. The number of aromatic nitrogens is 3. The molecule has 2 aromatic heterocycles. The predicted molar refractivity (Wildman–Crippen MR) is 88.0 cm³/mol. The summed E-state index contributed by atoms with van der Waals surface area (Å²) in [7, 11) is 0. The highest BCUT2D eigenvalue weighted by molar-refractivity contribution is 5.10. The molecule has 0 aromatic carbocycles. The van der Waals surface area contributed by atoms with E-state index < -0.39 is 0 Å². The van der Waals surface area contributed by atoms with Gasteiger partial charge in [0.15, 0.2) is 5.82 Å². The molecule has 3 rings (SSSR count). The normalized spacial score (nSPS) is 18.2. The van der Waals surface area contributed by atoms with Crippen molar-refractivity contribution in [2.45, 2.75) is 32.7 Å². The molecule has 0 saturated carbocycles. The standard InChI is InChI=1S/C17H25N5O/c1-3-16-19-17(23-20-16)14(2)22-12-10-21(11-13-22)9-6-15-4-7-18-8-5-15/h4-5,7-8,14H,3,6,9-13H2,1-2H3. The first-order chi connectivity index (χ1) is 11.3. The fourth-order valence-electron chi connectivity index (χ4n) is 2.95. The van der Waals surface area contributed by atoms with Gasteiger partial charge in [0.1, 0.15) is 0 Å². The largest absolute Gasteiger partial charge is 0.338 e. The van der Waals surface area contributed by atoms with Crippen molar-refractivity contribution in [3.63, 3.8) is 0 Å². The molecule has 1 atom stereocenters. The Labute approximate surface area is 137 Å². The molecular formula is C17H25N5O. The van der Waals surface area contributed by atoms with Crippen LogP contribution in [0, 0.1) is 0 Å². The van der Waals surface area contributed by atoms with Gasteiger partial charge in [-0.25, -0.2) is 0 Å². The molecule has 1 saturated heterocycles. The fraction of sp³-hybridized carbons (Fsp3) is 0.588. The summed E-state index contributed by atoms with van der Waals surface area (Å²) in [4.78, 5) is 13.5. The Morgan fingerprint density at radius 3 is 2.57 bits per heavy atom. The zero-order chi connectivity index (χ0) is 16.1. The van der Waals surface area contributed by atoms with Gasteiger partial charge in [-0.2, -0.15) is 4.98 Å². The molecule has 0 bridgehead atoms. The molecule has 0 aliphatic carbocycles. The molecule has 1 unspecified atom stereocenters. The summed E-state index contributed by atoms with van der Waals surface area (Å²) in [5.41, 5.74) is 1.36. The van der Waals surface area contributed by atoms with E-state index in [0.29, 0.717) is 0 Å². The van der Waals surface area contributed by atoms with E-state index in [2.05, 4.69) is 44.0 Å². The van der Waals surface area contributed by atoms with Crippen molar-refractivity contribution in [2.75, 3.05) is 32.7 Å². The van der Waals surface area contributed by atoms with Crippen LogP contribution in [0.5, 0.6) is 0 Å². The molecule has 2 aromatic rings. The molecule has 0 spiro atoms. The lowest BCUT2D eigenvalue weighted by Gasteiger charge is -2.36. The van der Waals surface area contributed by atoms with E-state index in [9.17, 15) is 0 Å². The summed E-state index contributed by atoms with van der Waals surface area (Å²) in [5, 5.41) is 4.00. The lowest BCUT2D eigenvalue weighted by molar-refractivity contribution is 0.0890. The average Bonchev–Trinajstić information content (AvgIpc) is 3.10. The second kappa shape index (κ2) is 7.66. The Morgan fingerprint density at radius 2 is 1.91 bits per heavy atom. The van der Waals surface area contributed by atoms with Crippen molar-refractivity contribution in [3.8, 4) is 0 Å². The monoisotopic (exact) mass is 315 g/mol. The number of aryl methyl sites for hydroxylation is 1. The third kappa shape index (κ3) is 4.14. The zero-order valence-electron chi connectivity index (χ0n) is 14.0. The molecule has 0 radical (unpaired) electrons. The van der Waals surface area contributed by atoms with Crippen LogP contribution in [0.3, 0.4) is 0 Å². The molecule has 23 heavy (non-hydrogen) atoms. The first-order valence-electron chi connectivity index (χ1n) is 8.44. The van der Waals surface area contributed by atoms with Gasteiger partial charge in [0, 0.05) is 51.5 Å². The molecule has 3 heterocycles. The minimum Gasteiger partial charge on any atom is -0.338 e. The quantitative estimate of drug-likeness (QED) is 0.812. The minimum atomic E-state index is 0.199. The molecule has 6 heteroatoms. The van der Waals surface area contributed by atoms with Crippen molar-refractivity contribution in [3.05, 3.63) is 41.8 Å². The maximum Gasteiger partial charge on any atom is 0.243 e. The summed E-state index contributed by atoms with van der Waals surface area (Å²) in [6.07, 6.45) is 5.63. The highest BCUT2D eigenvalue weighted by atomic mass is 16.5. The molecule has 6 nitrogen and oxygen atoms in total. The predicted octanol–water partition coefficient (Wildman–Crippen LogP) is 1.95. The zero-order valence-corrected chi connectivity index (χ0v) is 14.0. The van der Waals surface area contributed by atoms with Crippen LogP contribution in [-0.4, -0.2) is 57.6 Å². The first-order valence-corrected chi connectivity index (χ1v) is 8.44. The second-order valence-corrected chi connectivity index (χ2v) is 6.06. The van der Waals surface area contributed by atoms with Crippen LogP contribution in [0.1, 0.15) is 37.2 Å². The Balaban J connectivity index is 1.46. The lowest BCUT2D eigenvalue weighted by Crippen LogP contribution is -2.47. The van der Waals surface area contributed by atoms with Crippen LogP contribution in [0.25, 0.3) is 0 Å². The number of hydrogen-bond acceptors (Lipinski definition) is 6. The average molecular weight is 315 g/mol. The summed E-state index contributed by atoms with van der Waals surface area (Å²) in [6.45, 7) is 9.56. The van der Waals surface area contributed by atoms with Gasteiger partial charge in [-0.1, -0.05) is 12.1 Å². The van der Waals surface area contributed by atoms with Crippen molar-refractivity contribution in [1.29, 1.82) is 0 Å². The van der Waals surface area contributed by atoms with Crippen LogP contribution >= 0.6 is 0 Å². The van der Waals surface area contributed by atoms with E-state index in [1.165, 1.54) is 5.56 Å². The van der Waals surface area contributed by atoms with Gasteiger partial charge in [-0.15, -0.1) is 0 Å².